The molecule has 0 aliphatic rings. The normalized spacial score (nSPS) is 12.2. The molecule has 124 valence electrons. The average molecular weight is 490 g/mol. The van der Waals surface area contributed by atoms with Crippen LogP contribution in [0.15, 0.2) is 58.0 Å². The number of halogens is 2. The van der Waals surface area contributed by atoms with Crippen LogP contribution in [0, 0.1) is 6.92 Å². The second-order valence-corrected chi connectivity index (χ2v) is 5.93. The van der Waals surface area contributed by atoms with Crippen LogP contribution < -0.4 is 15.8 Å². The number of nitrogens with one attached hydrogen (secondary N) is 1. The van der Waals surface area contributed by atoms with E-state index in [0.717, 1.165) is 15.9 Å². The van der Waals surface area contributed by atoms with Crippen LogP contribution in [0.5, 0.6) is 5.75 Å². The number of nitrogens with zero attached hydrogens (tertiary/aromatic N) is 1. The Hall–Kier alpha value is -1.28. The Balaban J connectivity index is 0.00000264. The summed E-state index contributed by atoms with van der Waals surface area (Å²) in [5.41, 5.74) is 8.00. The van der Waals surface area contributed by atoms with Gasteiger partial charge in [0.1, 0.15) is 11.9 Å². The highest BCUT2D eigenvalue weighted by Crippen LogP contribution is 2.24. The van der Waals surface area contributed by atoms with E-state index in [9.17, 15) is 0 Å². The maximum absolute atomic E-state index is 5.90. The zero-order chi connectivity index (χ0) is 15.9. The number of guanidine groups is 1. The Labute approximate surface area is 162 Å². The minimum atomic E-state index is -0.0726. The van der Waals surface area contributed by atoms with Gasteiger partial charge in [-0.3, -0.25) is 0 Å². The largest absolute Gasteiger partial charge is 0.488 e. The second-order valence-electron chi connectivity index (χ2n) is 5.08. The first-order chi connectivity index (χ1) is 10.5. The quantitative estimate of drug-likeness (QED) is 0.367. The third kappa shape index (κ3) is 6.78. The standard InChI is InChI=1S/C17H20BrN3O.HI/c1-12-6-5-7-14(10-12)21-17(19)20-11-13(2)22-16-9-4-3-8-15(16)18;/h3-10,13H,11H2,1-2H3,(H3,19,20,21);1H. The monoisotopic (exact) mass is 489 g/mol. The lowest BCUT2D eigenvalue weighted by Crippen LogP contribution is -2.25. The fraction of sp³-hybridized carbons (Fsp3) is 0.235. The van der Waals surface area contributed by atoms with E-state index in [0.29, 0.717) is 12.5 Å². The van der Waals surface area contributed by atoms with Gasteiger partial charge in [0.2, 0.25) is 0 Å². The molecule has 1 atom stereocenters. The first-order valence-electron chi connectivity index (χ1n) is 7.09. The Bertz CT molecular complexity index is 664. The predicted molar refractivity (Wildman–Crippen MR) is 111 cm³/mol. The van der Waals surface area contributed by atoms with Crippen molar-refractivity contribution in [2.45, 2.75) is 20.0 Å². The molecule has 0 bridgehead atoms. The minimum absolute atomic E-state index is 0. The van der Waals surface area contributed by atoms with Gasteiger partial charge in [0.05, 0.1) is 11.0 Å². The van der Waals surface area contributed by atoms with Gasteiger partial charge >= 0.3 is 0 Å². The molecule has 6 heteroatoms. The molecular weight excluding hydrogens is 469 g/mol. The van der Waals surface area contributed by atoms with Crippen molar-refractivity contribution in [3.8, 4) is 5.75 Å². The summed E-state index contributed by atoms with van der Waals surface area (Å²) in [7, 11) is 0. The average Bonchev–Trinajstić information content (AvgIpc) is 2.48. The lowest BCUT2D eigenvalue weighted by atomic mass is 10.2. The maximum atomic E-state index is 5.90. The van der Waals surface area contributed by atoms with Crippen LogP contribution >= 0.6 is 39.9 Å². The van der Waals surface area contributed by atoms with Crippen molar-refractivity contribution in [2.75, 3.05) is 11.9 Å². The summed E-state index contributed by atoms with van der Waals surface area (Å²) < 4.78 is 6.76. The van der Waals surface area contributed by atoms with E-state index in [4.69, 9.17) is 10.5 Å². The van der Waals surface area contributed by atoms with Crippen LogP contribution in [0.25, 0.3) is 0 Å². The molecule has 0 fully saturated rings. The molecule has 0 spiro atoms. The molecule has 0 saturated heterocycles. The number of anilines is 1. The Kier molecular flexibility index (Phi) is 8.40. The van der Waals surface area contributed by atoms with Crippen molar-refractivity contribution in [3.63, 3.8) is 0 Å². The van der Waals surface area contributed by atoms with E-state index in [2.05, 4.69) is 26.2 Å². The molecular formula is C17H21BrIN3O. The molecule has 23 heavy (non-hydrogen) atoms. The number of aliphatic imine (C=N–C) groups is 1. The predicted octanol–water partition coefficient (Wildman–Crippen LogP) is 4.57. The van der Waals surface area contributed by atoms with Crippen molar-refractivity contribution >= 4 is 51.6 Å². The fourth-order valence-electron chi connectivity index (χ4n) is 1.93. The van der Waals surface area contributed by atoms with Gasteiger partial charge < -0.3 is 15.8 Å². The Morgan fingerprint density at radius 2 is 2.00 bits per heavy atom. The molecule has 2 aromatic carbocycles. The molecule has 2 rings (SSSR count). The number of ether oxygens (including phenoxy) is 1. The van der Waals surface area contributed by atoms with E-state index in [1.807, 2.05) is 62.4 Å². The van der Waals surface area contributed by atoms with Crippen molar-refractivity contribution in [3.05, 3.63) is 58.6 Å². The number of nitrogens with two attached hydrogens (primary N) is 1. The van der Waals surface area contributed by atoms with Gasteiger partial charge in [-0.05, 0) is 59.6 Å². The number of benzene rings is 2. The lowest BCUT2D eigenvalue weighted by Gasteiger charge is -2.14. The van der Waals surface area contributed by atoms with Gasteiger partial charge in [-0.15, -0.1) is 24.0 Å². The van der Waals surface area contributed by atoms with Crippen LogP contribution in [-0.2, 0) is 0 Å². The molecule has 2 aromatic rings. The summed E-state index contributed by atoms with van der Waals surface area (Å²) in [5.74, 6) is 1.18. The van der Waals surface area contributed by atoms with Crippen LogP contribution in [0.3, 0.4) is 0 Å². The highest BCUT2D eigenvalue weighted by Gasteiger charge is 2.06. The van der Waals surface area contributed by atoms with Crippen LogP contribution in [0.4, 0.5) is 5.69 Å². The van der Waals surface area contributed by atoms with Crippen molar-refractivity contribution in [1.29, 1.82) is 0 Å². The van der Waals surface area contributed by atoms with Gasteiger partial charge in [-0.1, -0.05) is 24.3 Å². The molecule has 0 amide bonds. The first-order valence-corrected chi connectivity index (χ1v) is 7.88. The van der Waals surface area contributed by atoms with E-state index in [1.54, 1.807) is 0 Å². The SMILES string of the molecule is Cc1cccc(NC(N)=NCC(C)Oc2ccccc2Br)c1.I. The summed E-state index contributed by atoms with van der Waals surface area (Å²) >= 11 is 3.46. The van der Waals surface area contributed by atoms with Crippen molar-refractivity contribution in [1.82, 2.24) is 0 Å². The van der Waals surface area contributed by atoms with Crippen LogP contribution in [0.2, 0.25) is 0 Å². The van der Waals surface area contributed by atoms with Crippen molar-refractivity contribution in [2.24, 2.45) is 10.7 Å². The second kappa shape index (κ2) is 9.77. The zero-order valence-electron chi connectivity index (χ0n) is 13.1. The summed E-state index contributed by atoms with van der Waals surface area (Å²) in [6.07, 6.45) is -0.0726. The lowest BCUT2D eigenvalue weighted by molar-refractivity contribution is 0.229. The molecule has 0 saturated carbocycles. The number of para-hydroxylation sites is 1. The van der Waals surface area contributed by atoms with Gasteiger partial charge in [0.15, 0.2) is 5.96 Å². The van der Waals surface area contributed by atoms with Crippen molar-refractivity contribution < 1.29 is 4.74 Å². The molecule has 0 aliphatic heterocycles. The van der Waals surface area contributed by atoms with Gasteiger partial charge in [-0.25, -0.2) is 4.99 Å². The highest BCUT2D eigenvalue weighted by molar-refractivity contribution is 14.0. The first kappa shape index (κ1) is 19.8. The van der Waals surface area contributed by atoms with Gasteiger partial charge in [0.25, 0.3) is 0 Å². The summed E-state index contributed by atoms with van der Waals surface area (Å²) in [6.45, 7) is 4.47. The van der Waals surface area contributed by atoms with E-state index >= 15 is 0 Å². The third-order valence-corrected chi connectivity index (χ3v) is 3.63. The molecule has 1 unspecified atom stereocenters. The smallest absolute Gasteiger partial charge is 0.193 e. The Morgan fingerprint density at radius 1 is 1.26 bits per heavy atom. The summed E-state index contributed by atoms with van der Waals surface area (Å²) in [5, 5.41) is 3.08. The fourth-order valence-corrected chi connectivity index (χ4v) is 2.31. The maximum Gasteiger partial charge on any atom is 0.193 e. The summed E-state index contributed by atoms with van der Waals surface area (Å²) in [6, 6.07) is 15.7. The molecule has 0 heterocycles. The van der Waals surface area contributed by atoms with Gasteiger partial charge in [-0.2, -0.15) is 0 Å². The van der Waals surface area contributed by atoms with E-state index < -0.39 is 0 Å². The van der Waals surface area contributed by atoms with Crippen LogP contribution in [0.1, 0.15) is 12.5 Å². The zero-order valence-corrected chi connectivity index (χ0v) is 17.0. The molecule has 0 radical (unpaired) electrons. The molecule has 3 N–H and O–H groups in total. The van der Waals surface area contributed by atoms with Gasteiger partial charge in [0, 0.05) is 5.69 Å². The number of rotatable bonds is 5. The topological polar surface area (TPSA) is 59.6 Å². The molecule has 0 aliphatic carbocycles. The van der Waals surface area contributed by atoms with E-state index in [1.165, 1.54) is 5.56 Å². The molecule has 0 aromatic heterocycles. The number of hydrogen-bond acceptors (Lipinski definition) is 2. The Morgan fingerprint density at radius 3 is 2.70 bits per heavy atom. The summed E-state index contributed by atoms with van der Waals surface area (Å²) in [4.78, 5) is 4.32. The van der Waals surface area contributed by atoms with Crippen LogP contribution in [-0.4, -0.2) is 18.6 Å². The third-order valence-electron chi connectivity index (χ3n) is 2.97. The number of aryl methyl sites for hydroxylation is 1. The molecule has 4 nitrogen and oxygen atoms in total. The minimum Gasteiger partial charge on any atom is -0.488 e. The number of hydrogen-bond donors (Lipinski definition) is 2. The van der Waals surface area contributed by atoms with E-state index in [-0.39, 0.29) is 30.1 Å². The highest BCUT2D eigenvalue weighted by atomic mass is 127.